The van der Waals surface area contributed by atoms with Gasteiger partial charge in [-0.3, -0.25) is 9.59 Å². The van der Waals surface area contributed by atoms with Crippen molar-refractivity contribution in [1.29, 1.82) is 0 Å². The molecule has 0 saturated carbocycles. The Kier molecular flexibility index (Phi) is 6.10. The van der Waals surface area contributed by atoms with Crippen LogP contribution in [0.3, 0.4) is 0 Å². The number of amides is 2. The zero-order chi connectivity index (χ0) is 22.7. The van der Waals surface area contributed by atoms with E-state index in [9.17, 15) is 9.59 Å². The van der Waals surface area contributed by atoms with Crippen LogP contribution in [0.25, 0.3) is 0 Å². The first-order chi connectivity index (χ1) is 15.3. The van der Waals surface area contributed by atoms with Crippen LogP contribution in [0.2, 0.25) is 0 Å². The first kappa shape index (κ1) is 21.8. The van der Waals surface area contributed by atoms with Crippen LogP contribution in [0.5, 0.6) is 5.75 Å². The number of carbonyl (C=O) groups is 2. The van der Waals surface area contributed by atoms with Gasteiger partial charge in [0.1, 0.15) is 18.5 Å². The highest BCUT2D eigenvalue weighted by Gasteiger charge is 2.29. The van der Waals surface area contributed by atoms with Gasteiger partial charge < -0.3 is 9.47 Å². The number of hydrogen-bond donors (Lipinski definition) is 0. The molecular weight excluding hydrogens is 402 g/mol. The normalized spacial score (nSPS) is 15.2. The highest BCUT2D eigenvalue weighted by Crippen LogP contribution is 2.33. The Bertz CT molecular complexity index is 1100. The minimum atomic E-state index is -0.382. The maximum Gasteiger partial charge on any atom is 0.265 e. The summed E-state index contributed by atoms with van der Waals surface area (Å²) in [6.45, 7) is 7.41. The third-order valence-corrected chi connectivity index (χ3v) is 5.30. The second kappa shape index (κ2) is 8.97. The van der Waals surface area contributed by atoms with Gasteiger partial charge in [-0.25, -0.2) is 4.90 Å². The Morgan fingerprint density at radius 2 is 1.50 bits per heavy atom. The topological polar surface area (TPSA) is 59.1 Å². The molecule has 3 aromatic rings. The number of anilines is 1. The van der Waals surface area contributed by atoms with E-state index in [4.69, 9.17) is 9.47 Å². The Hall–Kier alpha value is -3.44. The highest BCUT2D eigenvalue weighted by molar-refractivity contribution is 6.25. The van der Waals surface area contributed by atoms with Crippen LogP contribution < -0.4 is 9.64 Å². The number of para-hydroxylation sites is 1. The molecule has 5 nitrogen and oxygen atoms in total. The molecule has 32 heavy (non-hydrogen) atoms. The fourth-order valence-electron chi connectivity index (χ4n) is 3.46. The van der Waals surface area contributed by atoms with Gasteiger partial charge in [0, 0.05) is 16.7 Å². The van der Waals surface area contributed by atoms with E-state index in [1.165, 1.54) is 4.90 Å². The lowest BCUT2D eigenvalue weighted by Crippen LogP contribution is -2.37. The molecule has 0 radical (unpaired) electrons. The van der Waals surface area contributed by atoms with Gasteiger partial charge in [0.25, 0.3) is 11.8 Å². The number of rotatable bonds is 6. The van der Waals surface area contributed by atoms with E-state index >= 15 is 0 Å². The molecule has 0 spiro atoms. The van der Waals surface area contributed by atoms with Gasteiger partial charge in [0.15, 0.2) is 0 Å². The summed E-state index contributed by atoms with van der Waals surface area (Å²) >= 11 is 0. The Labute approximate surface area is 188 Å². The zero-order valence-corrected chi connectivity index (χ0v) is 18.6. The maximum absolute atomic E-state index is 13.7. The number of carbonyl (C=O) groups excluding carboxylic acids is 2. The van der Waals surface area contributed by atoms with Gasteiger partial charge in [-0.1, -0.05) is 57.2 Å². The molecule has 1 heterocycles. The van der Waals surface area contributed by atoms with Crippen molar-refractivity contribution in [3.63, 3.8) is 0 Å². The fourth-order valence-corrected chi connectivity index (χ4v) is 3.46. The molecule has 0 bridgehead atoms. The summed E-state index contributed by atoms with van der Waals surface area (Å²) in [6, 6.07) is 23.2. The van der Waals surface area contributed by atoms with E-state index in [0.29, 0.717) is 23.4 Å². The lowest BCUT2D eigenvalue weighted by atomic mass is 9.85. The molecule has 1 atom stereocenters. The Morgan fingerprint density at radius 3 is 2.09 bits per heavy atom. The Morgan fingerprint density at radius 1 is 0.906 bits per heavy atom. The molecule has 4 rings (SSSR count). The van der Waals surface area contributed by atoms with Crippen molar-refractivity contribution in [2.45, 2.75) is 32.3 Å². The van der Waals surface area contributed by atoms with Crippen molar-refractivity contribution in [1.82, 2.24) is 0 Å². The predicted molar refractivity (Wildman–Crippen MR) is 124 cm³/mol. The molecule has 3 aromatic carbocycles. The number of epoxide rings is 1. The minimum absolute atomic E-state index is 0.140. The molecular formula is C27H27NO4. The van der Waals surface area contributed by atoms with Crippen molar-refractivity contribution >= 4 is 17.5 Å². The summed E-state index contributed by atoms with van der Waals surface area (Å²) < 4.78 is 11.2. The van der Waals surface area contributed by atoms with Crippen LogP contribution >= 0.6 is 0 Å². The molecule has 2 amide bonds. The largest absolute Gasteiger partial charge is 0.490 e. The fraction of sp³-hybridized carbons (Fsp3) is 0.259. The van der Waals surface area contributed by atoms with Crippen LogP contribution in [0.15, 0.2) is 78.9 Å². The van der Waals surface area contributed by atoms with Gasteiger partial charge in [-0.15, -0.1) is 0 Å². The summed E-state index contributed by atoms with van der Waals surface area (Å²) in [4.78, 5) is 28.3. The highest BCUT2D eigenvalue weighted by atomic mass is 16.6. The van der Waals surface area contributed by atoms with Crippen LogP contribution in [-0.4, -0.2) is 31.1 Å². The van der Waals surface area contributed by atoms with Crippen molar-refractivity contribution in [2.24, 2.45) is 0 Å². The monoisotopic (exact) mass is 429 g/mol. The first-order valence-corrected chi connectivity index (χ1v) is 10.7. The maximum atomic E-state index is 13.7. The lowest BCUT2D eigenvalue weighted by molar-refractivity contribution is 0.0897. The van der Waals surface area contributed by atoms with E-state index in [0.717, 1.165) is 17.9 Å². The lowest BCUT2D eigenvalue weighted by Gasteiger charge is -2.25. The Balaban J connectivity index is 1.72. The van der Waals surface area contributed by atoms with Crippen molar-refractivity contribution in [2.75, 3.05) is 18.1 Å². The average Bonchev–Trinajstić information content (AvgIpc) is 3.63. The molecule has 1 aliphatic heterocycles. The standard InChI is InChI=1S/C27H27NO4/c1-27(2,3)23-16-20(14-15-24(23)32-18-22-17-31-22)26(30)28(21-12-8-5-9-13-21)25(29)19-10-6-4-7-11-19/h4-16,22H,17-18H2,1-3H3. The summed E-state index contributed by atoms with van der Waals surface area (Å²) in [5.74, 6) is -0.0249. The summed E-state index contributed by atoms with van der Waals surface area (Å²) in [5.41, 5.74) is 2.05. The van der Waals surface area contributed by atoms with Crippen molar-refractivity contribution < 1.29 is 19.1 Å². The third kappa shape index (κ3) is 4.89. The van der Waals surface area contributed by atoms with Gasteiger partial charge in [0.05, 0.1) is 12.3 Å². The number of benzene rings is 3. The van der Waals surface area contributed by atoms with Gasteiger partial charge in [0.2, 0.25) is 0 Å². The van der Waals surface area contributed by atoms with E-state index in [-0.39, 0.29) is 23.3 Å². The smallest absolute Gasteiger partial charge is 0.265 e. The van der Waals surface area contributed by atoms with Crippen molar-refractivity contribution in [3.05, 3.63) is 95.6 Å². The zero-order valence-electron chi connectivity index (χ0n) is 18.6. The molecule has 1 fully saturated rings. The quantitative estimate of drug-likeness (QED) is 0.397. The molecule has 0 N–H and O–H groups in total. The average molecular weight is 430 g/mol. The van der Waals surface area contributed by atoms with E-state index in [2.05, 4.69) is 20.8 Å². The summed E-state index contributed by atoms with van der Waals surface area (Å²) in [6.07, 6.45) is 0.140. The van der Waals surface area contributed by atoms with Crippen LogP contribution in [0.1, 0.15) is 47.1 Å². The summed E-state index contributed by atoms with van der Waals surface area (Å²) in [5, 5.41) is 0. The molecule has 164 valence electrons. The third-order valence-electron chi connectivity index (χ3n) is 5.30. The number of hydrogen-bond acceptors (Lipinski definition) is 4. The van der Waals surface area contributed by atoms with Gasteiger partial charge in [-0.05, 0) is 47.9 Å². The van der Waals surface area contributed by atoms with E-state index in [1.807, 2.05) is 36.4 Å². The summed E-state index contributed by atoms with van der Waals surface area (Å²) in [7, 11) is 0. The molecule has 5 heteroatoms. The van der Waals surface area contributed by atoms with Crippen LogP contribution in [-0.2, 0) is 10.2 Å². The first-order valence-electron chi connectivity index (χ1n) is 10.7. The number of nitrogens with zero attached hydrogens (tertiary/aromatic N) is 1. The van der Waals surface area contributed by atoms with Gasteiger partial charge in [-0.2, -0.15) is 0 Å². The van der Waals surface area contributed by atoms with Crippen LogP contribution in [0.4, 0.5) is 5.69 Å². The van der Waals surface area contributed by atoms with Crippen molar-refractivity contribution in [3.8, 4) is 5.75 Å². The molecule has 0 aliphatic carbocycles. The van der Waals surface area contributed by atoms with E-state index in [1.54, 1.807) is 42.5 Å². The second-order valence-corrected chi connectivity index (χ2v) is 8.87. The SMILES string of the molecule is CC(C)(C)c1cc(C(=O)N(C(=O)c2ccccc2)c2ccccc2)ccc1OCC1CO1. The molecule has 1 unspecified atom stereocenters. The van der Waals surface area contributed by atoms with Gasteiger partial charge >= 0.3 is 0 Å². The minimum Gasteiger partial charge on any atom is -0.490 e. The van der Waals surface area contributed by atoms with Crippen LogP contribution in [0, 0.1) is 0 Å². The number of ether oxygens (including phenoxy) is 2. The second-order valence-electron chi connectivity index (χ2n) is 8.87. The molecule has 1 saturated heterocycles. The number of imide groups is 1. The predicted octanol–water partition coefficient (Wildman–Crippen LogP) is 5.25. The molecule has 1 aliphatic rings. The van der Waals surface area contributed by atoms with E-state index < -0.39 is 0 Å². The molecule has 0 aromatic heterocycles.